The summed E-state index contributed by atoms with van der Waals surface area (Å²) in [6.07, 6.45) is -2.18. The number of nitrogens with two attached hydrogens (primary N) is 2. The van der Waals surface area contributed by atoms with Gasteiger partial charge in [0.05, 0.1) is 10.4 Å². The van der Waals surface area contributed by atoms with Crippen LogP contribution in [0.25, 0.3) is 11.6 Å². The van der Waals surface area contributed by atoms with Crippen LogP contribution in [0.2, 0.25) is 0 Å². The molecule has 28 heavy (non-hydrogen) atoms. The highest BCUT2D eigenvalue weighted by Gasteiger charge is 2.35. The number of hydrazone groups is 1. The van der Waals surface area contributed by atoms with Crippen LogP contribution in [0.4, 0.5) is 13.2 Å². The number of hydrogen-bond acceptors (Lipinski definition) is 5. The number of phenolic OH excluding ortho intramolecular Hbond substituents is 1. The minimum absolute atomic E-state index is 0.0549. The highest BCUT2D eigenvalue weighted by atomic mass is 32.1. The summed E-state index contributed by atoms with van der Waals surface area (Å²) < 4.78 is 40.7. The van der Waals surface area contributed by atoms with E-state index >= 15 is 0 Å². The zero-order chi connectivity index (χ0) is 21.1. The van der Waals surface area contributed by atoms with Gasteiger partial charge < -0.3 is 10.8 Å². The maximum absolute atomic E-state index is 13.6. The number of allylic oxidation sites excluding steroid dienone is 1. The summed E-state index contributed by atoms with van der Waals surface area (Å²) in [4.78, 5) is 1.44. The molecule has 1 aromatic carbocycles. The Balaban J connectivity index is 2.66. The second-order valence-electron chi connectivity index (χ2n) is 6.42. The Labute approximate surface area is 165 Å². The summed E-state index contributed by atoms with van der Waals surface area (Å²) >= 11 is 1.32. The maximum atomic E-state index is 13.6. The van der Waals surface area contributed by atoms with Gasteiger partial charge in [0, 0.05) is 4.88 Å². The average Bonchev–Trinajstić information content (AvgIpc) is 2.99. The fraction of sp³-hybridized carbons (Fsp3) is 0.316. The SMILES string of the molecule is CCC(C)/C(=C\c1sc(/C(N)=N/NN)cc1C)c1ccc(O)cc1C(F)(F)F. The summed E-state index contributed by atoms with van der Waals surface area (Å²) in [7, 11) is 0. The number of hydrogen-bond donors (Lipinski definition) is 4. The molecule has 2 aromatic rings. The Morgan fingerprint density at radius 3 is 2.61 bits per heavy atom. The Morgan fingerprint density at radius 1 is 1.36 bits per heavy atom. The number of nitrogens with zero attached hydrogens (tertiary/aromatic N) is 1. The van der Waals surface area contributed by atoms with Crippen molar-refractivity contribution in [2.24, 2.45) is 22.6 Å². The van der Waals surface area contributed by atoms with Crippen LogP contribution in [0.5, 0.6) is 5.75 Å². The number of rotatable bonds is 6. The molecule has 1 aromatic heterocycles. The van der Waals surface area contributed by atoms with Crippen LogP contribution in [-0.4, -0.2) is 10.9 Å². The molecule has 6 N–H and O–H groups in total. The molecule has 0 amide bonds. The van der Waals surface area contributed by atoms with Gasteiger partial charge >= 0.3 is 6.18 Å². The van der Waals surface area contributed by atoms with Crippen LogP contribution >= 0.6 is 11.3 Å². The van der Waals surface area contributed by atoms with Crippen molar-refractivity contribution in [3.63, 3.8) is 0 Å². The first-order chi connectivity index (χ1) is 13.1. The normalized spacial score (nSPS) is 14.2. The summed E-state index contributed by atoms with van der Waals surface area (Å²) in [6, 6.07) is 5.15. The molecule has 0 radical (unpaired) electrons. The predicted octanol–water partition coefficient (Wildman–Crippen LogP) is 4.45. The van der Waals surface area contributed by atoms with Crippen molar-refractivity contribution >= 4 is 28.8 Å². The van der Waals surface area contributed by atoms with Gasteiger partial charge in [0.25, 0.3) is 0 Å². The number of thiophene rings is 1. The Morgan fingerprint density at radius 2 is 2.04 bits per heavy atom. The molecule has 1 unspecified atom stereocenters. The lowest BCUT2D eigenvalue weighted by molar-refractivity contribution is -0.137. The quantitative estimate of drug-likeness (QED) is 0.244. The smallest absolute Gasteiger partial charge is 0.417 e. The van der Waals surface area contributed by atoms with Crippen molar-refractivity contribution in [2.45, 2.75) is 33.4 Å². The van der Waals surface area contributed by atoms with Gasteiger partial charge in [-0.05, 0) is 60.2 Å². The van der Waals surface area contributed by atoms with Gasteiger partial charge in [-0.1, -0.05) is 19.9 Å². The Bertz CT molecular complexity index is 903. The molecule has 0 bridgehead atoms. The molecule has 1 atom stereocenters. The van der Waals surface area contributed by atoms with Crippen molar-refractivity contribution < 1.29 is 18.3 Å². The number of hydrazine groups is 1. The predicted molar refractivity (Wildman–Crippen MR) is 108 cm³/mol. The average molecular weight is 412 g/mol. The summed E-state index contributed by atoms with van der Waals surface area (Å²) in [5.41, 5.74) is 8.56. The van der Waals surface area contributed by atoms with Crippen molar-refractivity contribution in [1.29, 1.82) is 0 Å². The summed E-state index contributed by atoms with van der Waals surface area (Å²) in [5.74, 6) is 4.78. The molecule has 0 saturated carbocycles. The second-order valence-corrected chi connectivity index (χ2v) is 7.50. The van der Waals surface area contributed by atoms with E-state index in [1.165, 1.54) is 23.5 Å². The number of nitrogens with one attached hydrogen (secondary N) is 1. The second kappa shape index (κ2) is 8.66. The molecular weight excluding hydrogens is 389 g/mol. The van der Waals surface area contributed by atoms with E-state index in [0.717, 1.165) is 16.5 Å². The minimum atomic E-state index is -4.58. The third-order valence-corrected chi connectivity index (χ3v) is 5.65. The Kier molecular flexibility index (Phi) is 6.73. The van der Waals surface area contributed by atoms with E-state index in [1.54, 1.807) is 6.08 Å². The van der Waals surface area contributed by atoms with E-state index < -0.39 is 17.5 Å². The summed E-state index contributed by atoms with van der Waals surface area (Å²) in [5, 5.41) is 13.3. The molecule has 0 aliphatic carbocycles. The fourth-order valence-electron chi connectivity index (χ4n) is 2.76. The van der Waals surface area contributed by atoms with E-state index in [0.29, 0.717) is 16.9 Å². The molecule has 1 heterocycles. The lowest BCUT2D eigenvalue weighted by Crippen LogP contribution is -2.22. The standard InChI is InChI=1S/C19H23F3N4OS/c1-4-10(2)14(13-6-5-12(27)8-15(13)19(20,21)22)9-16-11(3)7-17(28-16)18(23)25-26-24/h5-10,26-27H,4,24H2,1-3H3,(H2,23,25)/b14-9+. The van der Waals surface area contributed by atoms with Gasteiger partial charge in [0.15, 0.2) is 5.84 Å². The first-order valence-corrected chi connectivity index (χ1v) is 9.41. The maximum Gasteiger partial charge on any atom is 0.417 e. The van der Waals surface area contributed by atoms with Crippen LogP contribution in [0, 0.1) is 12.8 Å². The van der Waals surface area contributed by atoms with E-state index in [-0.39, 0.29) is 17.3 Å². The molecular formula is C19H23F3N4OS. The van der Waals surface area contributed by atoms with Gasteiger partial charge in [-0.25, -0.2) is 11.4 Å². The molecule has 5 nitrogen and oxygen atoms in total. The molecule has 0 saturated heterocycles. The molecule has 0 aliphatic heterocycles. The number of amidine groups is 1. The van der Waals surface area contributed by atoms with Gasteiger partial charge in [0.1, 0.15) is 5.75 Å². The first kappa shape index (κ1) is 21.8. The van der Waals surface area contributed by atoms with Gasteiger partial charge in [-0.15, -0.1) is 16.4 Å². The third-order valence-electron chi connectivity index (χ3n) is 4.44. The lowest BCUT2D eigenvalue weighted by atomic mass is 9.88. The number of phenols is 1. The highest BCUT2D eigenvalue weighted by molar-refractivity contribution is 7.15. The molecule has 0 aliphatic rings. The third kappa shape index (κ3) is 4.85. The van der Waals surface area contributed by atoms with Gasteiger partial charge in [-0.3, -0.25) is 0 Å². The monoisotopic (exact) mass is 412 g/mol. The van der Waals surface area contributed by atoms with Gasteiger partial charge in [-0.2, -0.15) is 13.2 Å². The first-order valence-electron chi connectivity index (χ1n) is 8.60. The van der Waals surface area contributed by atoms with Crippen LogP contribution in [0.15, 0.2) is 29.4 Å². The van der Waals surface area contributed by atoms with Crippen molar-refractivity contribution in [3.8, 4) is 5.75 Å². The molecule has 9 heteroatoms. The molecule has 152 valence electrons. The van der Waals surface area contributed by atoms with E-state index in [4.69, 9.17) is 11.6 Å². The zero-order valence-corrected chi connectivity index (χ0v) is 16.6. The largest absolute Gasteiger partial charge is 0.508 e. The molecule has 2 rings (SSSR count). The summed E-state index contributed by atoms with van der Waals surface area (Å²) in [6.45, 7) is 5.64. The number of benzene rings is 1. The van der Waals surface area contributed by atoms with Crippen LogP contribution in [0.3, 0.4) is 0 Å². The van der Waals surface area contributed by atoms with Crippen molar-refractivity contribution in [2.75, 3.05) is 0 Å². The highest BCUT2D eigenvalue weighted by Crippen LogP contribution is 2.41. The van der Waals surface area contributed by atoms with Crippen LogP contribution in [0.1, 0.15) is 46.7 Å². The van der Waals surface area contributed by atoms with Crippen molar-refractivity contribution in [3.05, 3.63) is 50.7 Å². The molecule has 0 fully saturated rings. The zero-order valence-electron chi connectivity index (χ0n) is 15.8. The minimum Gasteiger partial charge on any atom is -0.508 e. The number of halogens is 3. The van der Waals surface area contributed by atoms with Crippen LogP contribution < -0.4 is 17.1 Å². The van der Waals surface area contributed by atoms with E-state index in [1.807, 2.05) is 26.8 Å². The number of aromatic hydroxyl groups is 1. The lowest BCUT2D eigenvalue weighted by Gasteiger charge is -2.20. The number of alkyl halides is 3. The van der Waals surface area contributed by atoms with Crippen LogP contribution in [-0.2, 0) is 6.18 Å². The van der Waals surface area contributed by atoms with Crippen molar-refractivity contribution in [1.82, 2.24) is 5.53 Å². The Hall–Kier alpha value is -2.52. The van der Waals surface area contributed by atoms with Gasteiger partial charge in [0.2, 0.25) is 0 Å². The molecule has 0 spiro atoms. The topological polar surface area (TPSA) is 96.7 Å². The van der Waals surface area contributed by atoms with E-state index in [2.05, 4.69) is 10.6 Å². The van der Waals surface area contributed by atoms with E-state index in [9.17, 15) is 18.3 Å². The fourth-order valence-corrected chi connectivity index (χ4v) is 3.78. The number of aryl methyl sites for hydroxylation is 1.